The average Bonchev–Trinajstić information content (AvgIpc) is 3.74. The van der Waals surface area contributed by atoms with Crippen molar-refractivity contribution in [3.63, 3.8) is 0 Å². The summed E-state index contributed by atoms with van der Waals surface area (Å²) >= 11 is 17.6. The molecule has 3 aromatic carbocycles. The monoisotopic (exact) mass is 1280 g/mol. The summed E-state index contributed by atoms with van der Waals surface area (Å²) in [5.74, 6) is -1.61. The summed E-state index contributed by atoms with van der Waals surface area (Å²) in [6, 6.07) is 15.3. The van der Waals surface area contributed by atoms with Gasteiger partial charge in [-0.1, -0.05) is 62.1 Å². The number of halogens is 8. The zero-order valence-corrected chi connectivity index (χ0v) is 43.5. The third kappa shape index (κ3) is 20.9. The summed E-state index contributed by atoms with van der Waals surface area (Å²) in [6.07, 6.45) is 1.52. The van der Waals surface area contributed by atoms with Crippen molar-refractivity contribution in [2.75, 3.05) is 13.2 Å². The third-order valence-electron chi connectivity index (χ3n) is 8.24. The van der Waals surface area contributed by atoms with Crippen molar-refractivity contribution in [1.82, 2.24) is 19.1 Å². The Hall–Kier alpha value is -2.25. The van der Waals surface area contributed by atoms with E-state index in [0.29, 0.717) is 61.6 Å². The Bertz CT molecular complexity index is 2150. The van der Waals surface area contributed by atoms with Gasteiger partial charge in [0.05, 0.1) is 23.8 Å². The topological polar surface area (TPSA) is 220 Å². The number of nitrogens with zero attached hydrogens (tertiary/aromatic N) is 1. The maximum Gasteiger partial charge on any atom is 0.338 e. The fourth-order valence-corrected chi connectivity index (χ4v) is 6.88. The number of hydrogen-bond donors (Lipinski definition) is 4. The Morgan fingerprint density at radius 2 is 1.43 bits per heavy atom. The molecule has 0 aromatic heterocycles. The minimum atomic E-state index is -1.67. The number of imide groups is 2. The Balaban J connectivity index is 0.000000790. The number of rotatable bonds is 5. The molecular formula is C39H45Br3Cl4IN5O10S. The zero-order valence-electron chi connectivity index (χ0n) is 33.7. The predicted octanol–water partition coefficient (Wildman–Crippen LogP) is 8.49. The first kappa shape index (κ1) is 58.8. The molecule has 63 heavy (non-hydrogen) atoms. The van der Waals surface area contributed by atoms with Gasteiger partial charge in [-0.25, -0.2) is 13.8 Å². The van der Waals surface area contributed by atoms with E-state index < -0.39 is 21.3 Å². The van der Waals surface area contributed by atoms with Crippen LogP contribution in [-0.2, 0) is 56.9 Å². The number of benzene rings is 3. The highest BCUT2D eigenvalue weighted by Crippen LogP contribution is 2.29. The van der Waals surface area contributed by atoms with Gasteiger partial charge >= 0.3 is 11.9 Å². The number of esters is 2. The van der Waals surface area contributed by atoms with Gasteiger partial charge in [-0.05, 0) is 85.5 Å². The standard InChI is InChI=1S/C13H11BrN2O3.C10H10BrClO2.C8H5BrO2.C5H8N2O2.C2H6IN.CH4.Cl2OS.ClH/c14-8-1-2-9-7(5-8)6-16(13(9)19)10-3-4-11(17)15-12(10)18;1-2-14-10(13)9-4-3-8(11)5-7(9)6-12;9-6-1-2-7-5(3-6)4-11-8(7)10;6-3-1-2-4(8)7-5(3)9;1-2-4-3;;1-4(2)3;/h1-2,5,10H,3-4,6H2,(H,15,17,18);3-5H,2,6H2,1H3;1-3H,4H2;3H,1-2,6H2,(H,7,8,9);4H,2H2,1H3;1H4;;1H/i/hT. The van der Waals surface area contributed by atoms with Crippen molar-refractivity contribution in [3.8, 4) is 0 Å². The summed E-state index contributed by atoms with van der Waals surface area (Å²) in [6.45, 7) is 5.70. The molecule has 0 bridgehead atoms. The van der Waals surface area contributed by atoms with Gasteiger partial charge in [0, 0.05) is 101 Å². The van der Waals surface area contributed by atoms with E-state index in [1.807, 2.05) is 60.1 Å². The van der Waals surface area contributed by atoms with Crippen molar-refractivity contribution >= 4 is 167 Å². The highest BCUT2D eigenvalue weighted by atomic mass is 127. The summed E-state index contributed by atoms with van der Waals surface area (Å²) in [5.41, 5.74) is 9.78. The van der Waals surface area contributed by atoms with Gasteiger partial charge in [-0.15, -0.1) is 24.0 Å². The van der Waals surface area contributed by atoms with Crippen molar-refractivity contribution in [1.29, 1.82) is 0 Å². The molecule has 4 heterocycles. The number of nitrogens with one attached hydrogen (secondary N) is 3. The molecule has 4 aliphatic heterocycles. The lowest BCUT2D eigenvalue weighted by Gasteiger charge is -2.29. The molecule has 7 rings (SSSR count). The molecule has 2 saturated heterocycles. The molecule has 0 radical (unpaired) electrons. The molecule has 0 spiro atoms. The van der Waals surface area contributed by atoms with Crippen LogP contribution in [0.15, 0.2) is 68.0 Å². The second-order valence-corrected chi connectivity index (χ2v) is 18.6. The van der Waals surface area contributed by atoms with Gasteiger partial charge in [0.1, 0.15) is 14.1 Å². The molecule has 5 N–H and O–H groups in total. The predicted molar refractivity (Wildman–Crippen MR) is 265 cm³/mol. The van der Waals surface area contributed by atoms with Crippen LogP contribution in [0.25, 0.3) is 0 Å². The second-order valence-electron chi connectivity index (χ2n) is 12.4. The van der Waals surface area contributed by atoms with Gasteiger partial charge < -0.3 is 20.1 Å². The lowest BCUT2D eigenvalue weighted by atomic mass is 10.0. The summed E-state index contributed by atoms with van der Waals surface area (Å²) in [7, 11) is 7.36. The third-order valence-corrected chi connectivity index (χ3v) is 10.7. The molecule has 4 aliphatic rings. The molecule has 348 valence electrons. The van der Waals surface area contributed by atoms with Crippen LogP contribution in [0.3, 0.4) is 0 Å². The van der Waals surface area contributed by atoms with E-state index >= 15 is 0 Å². The van der Waals surface area contributed by atoms with Crippen LogP contribution in [0, 0.1) is 0 Å². The molecular weight excluding hydrogens is 1240 g/mol. The highest BCUT2D eigenvalue weighted by molar-refractivity contribution is 14.1. The normalized spacial score (nSPS) is 16.8. The Labute approximate surface area is 428 Å². The van der Waals surface area contributed by atoms with E-state index in [9.17, 15) is 33.6 Å². The quantitative estimate of drug-likeness (QED) is 0.0472. The minimum Gasteiger partial charge on any atom is -0.462 e. The van der Waals surface area contributed by atoms with E-state index in [-0.39, 0.29) is 67.7 Å². The van der Waals surface area contributed by atoms with E-state index in [1.54, 1.807) is 36.1 Å². The van der Waals surface area contributed by atoms with Gasteiger partial charge in [0.15, 0.2) is 0 Å². The maximum absolute atomic E-state index is 12.3. The average molecular weight is 1290 g/mol. The van der Waals surface area contributed by atoms with Crippen LogP contribution >= 0.6 is 116 Å². The number of ether oxygens (including phenoxy) is 2. The largest absolute Gasteiger partial charge is 0.462 e. The van der Waals surface area contributed by atoms with Crippen molar-refractivity contribution < 1.29 is 48.7 Å². The number of amides is 5. The van der Waals surface area contributed by atoms with Crippen LogP contribution in [0.2, 0.25) is 1.41 Å². The highest BCUT2D eigenvalue weighted by Gasteiger charge is 2.39. The molecule has 2 fully saturated rings. The lowest BCUT2D eigenvalue weighted by Crippen LogP contribution is -2.52. The van der Waals surface area contributed by atoms with Gasteiger partial charge in [0.25, 0.3) is 5.91 Å². The second kappa shape index (κ2) is 31.6. The van der Waals surface area contributed by atoms with Crippen LogP contribution < -0.4 is 19.9 Å². The summed E-state index contributed by atoms with van der Waals surface area (Å²) in [4.78, 5) is 80.1. The number of nitrogens with two attached hydrogens (primary N) is 1. The Morgan fingerprint density at radius 3 is 1.94 bits per heavy atom. The first-order valence-electron chi connectivity index (χ1n) is 18.3. The minimum absolute atomic E-state index is 0. The molecule has 0 saturated carbocycles. The first-order chi connectivity index (χ1) is 29.2. The van der Waals surface area contributed by atoms with E-state index in [0.717, 1.165) is 36.7 Å². The molecule has 5 amide bonds. The van der Waals surface area contributed by atoms with Gasteiger partial charge in [-0.3, -0.25) is 38.1 Å². The Morgan fingerprint density at radius 1 is 0.921 bits per heavy atom. The number of carbonyl (C=O) groups excluding carboxylic acids is 7. The molecule has 3 aromatic rings. The molecule has 24 heteroatoms. The zero-order chi connectivity index (χ0) is 46.7. The van der Waals surface area contributed by atoms with Crippen LogP contribution in [0.1, 0.15) is 94.7 Å². The Kier molecular flexibility index (Phi) is 29.5. The van der Waals surface area contributed by atoms with Gasteiger partial charge in [-0.2, -0.15) is 0 Å². The van der Waals surface area contributed by atoms with Crippen molar-refractivity contribution in [2.24, 2.45) is 5.73 Å². The fourth-order valence-electron chi connectivity index (χ4n) is 5.44. The number of fused-ring (bicyclic) bond motifs is 2. The first-order valence-corrected chi connectivity index (χ1v) is 24.6. The van der Waals surface area contributed by atoms with E-state index in [4.69, 9.17) is 32.4 Å². The summed E-state index contributed by atoms with van der Waals surface area (Å²) in [5, 5.41) is 4.41. The SMILES string of the molecule is C.CCOC(=O)c1ccc(Br)cc1CCl.Cl.NC1CCC(=O)NC1=O.O=C1CCC(N2Cc3cc(Br)ccc3C2=O)C(=O)N1.O=C1OCc2cc(Br)ccc21.O=S(Cl)Cl.[3H]N(I)CC. The number of cyclic esters (lactones) is 1. The molecule has 2 atom stereocenters. The van der Waals surface area contributed by atoms with Crippen LogP contribution in [0.5, 0.6) is 0 Å². The van der Waals surface area contributed by atoms with Crippen LogP contribution in [0.4, 0.5) is 0 Å². The van der Waals surface area contributed by atoms with Crippen molar-refractivity contribution in [3.05, 3.63) is 101 Å². The fraction of sp³-hybridized carbons (Fsp3) is 0.359. The van der Waals surface area contributed by atoms with Crippen LogP contribution in [-0.4, -0.2) is 75.8 Å². The van der Waals surface area contributed by atoms with Gasteiger partial charge in [0.2, 0.25) is 32.9 Å². The van der Waals surface area contributed by atoms with E-state index in [2.05, 4.69) is 79.8 Å². The lowest BCUT2D eigenvalue weighted by molar-refractivity contribution is -0.137. The molecule has 0 aliphatic carbocycles. The molecule has 2 unspecified atom stereocenters. The number of carbonyl (C=O) groups is 7. The number of hydrogen-bond acceptors (Lipinski definition) is 12. The van der Waals surface area contributed by atoms with E-state index in [1.165, 1.54) is 3.52 Å². The smallest absolute Gasteiger partial charge is 0.338 e. The maximum atomic E-state index is 12.3. The summed E-state index contributed by atoms with van der Waals surface area (Å²) < 4.78 is 29.6. The molecule has 15 nitrogen and oxygen atoms in total. The number of alkyl halides is 1. The van der Waals surface area contributed by atoms with Crippen molar-refractivity contribution in [2.45, 2.75) is 78.1 Å². The number of piperidine rings is 2.